The fourth-order valence-corrected chi connectivity index (χ4v) is 6.18. The van der Waals surface area contributed by atoms with E-state index in [0.29, 0.717) is 45.7 Å². The summed E-state index contributed by atoms with van der Waals surface area (Å²) in [4.78, 5) is 17.7. The Morgan fingerprint density at radius 3 is 2.21 bits per heavy atom. The minimum absolute atomic E-state index is 0.0931. The summed E-state index contributed by atoms with van der Waals surface area (Å²) in [5.74, 6) is -0.931. The third-order valence-electron chi connectivity index (χ3n) is 8.16. The van der Waals surface area contributed by atoms with E-state index in [0.717, 1.165) is 35.2 Å². The van der Waals surface area contributed by atoms with Gasteiger partial charge >= 0.3 is 0 Å². The number of carbonyl (C=O) groups is 1. The highest BCUT2D eigenvalue weighted by atomic mass is 19.1. The molecule has 3 heterocycles. The lowest BCUT2D eigenvalue weighted by atomic mass is 9.88. The minimum atomic E-state index is -0.451. The molecule has 0 N–H and O–H groups in total. The lowest BCUT2D eigenvalue weighted by Gasteiger charge is -2.32. The van der Waals surface area contributed by atoms with Crippen molar-refractivity contribution in [1.29, 1.82) is 0 Å². The van der Waals surface area contributed by atoms with Gasteiger partial charge in [-0.1, -0.05) is 54.6 Å². The van der Waals surface area contributed by atoms with Gasteiger partial charge in [-0.05, 0) is 61.2 Å². The standard InChI is InChI=1S/C32H33F2N3O2/c33-27-10-6-11-28(34)31(27)23-13-15-35(16-14-23)21-26-25-9-4-5-12-29(25)37(32(26)24-7-2-1-3-8-24)22-30(38)36-17-19-39-20-18-36/h1-12,23H,13-22H2. The van der Waals surface area contributed by atoms with E-state index >= 15 is 0 Å². The van der Waals surface area contributed by atoms with Crippen LogP contribution in [-0.4, -0.2) is 59.7 Å². The van der Waals surface area contributed by atoms with Gasteiger partial charge in [0.2, 0.25) is 5.91 Å². The molecule has 3 aromatic carbocycles. The summed E-state index contributed by atoms with van der Waals surface area (Å²) in [6.07, 6.45) is 1.40. The van der Waals surface area contributed by atoms with E-state index in [4.69, 9.17) is 4.74 Å². The van der Waals surface area contributed by atoms with Crippen LogP contribution < -0.4 is 0 Å². The van der Waals surface area contributed by atoms with Crippen molar-refractivity contribution in [1.82, 2.24) is 14.4 Å². The quantitative estimate of drug-likeness (QED) is 0.316. The first-order chi connectivity index (χ1) is 19.1. The summed E-state index contributed by atoms with van der Waals surface area (Å²) >= 11 is 0. The number of nitrogens with zero attached hydrogens (tertiary/aromatic N) is 3. The van der Waals surface area contributed by atoms with Crippen LogP contribution in [0.4, 0.5) is 8.78 Å². The maximum absolute atomic E-state index is 14.4. The molecule has 2 fully saturated rings. The predicted octanol–water partition coefficient (Wildman–Crippen LogP) is 5.82. The number of para-hydroxylation sites is 1. The summed E-state index contributed by atoms with van der Waals surface area (Å²) in [6, 6.07) is 22.7. The summed E-state index contributed by atoms with van der Waals surface area (Å²) in [6.45, 7) is 4.84. The Hall–Kier alpha value is -3.55. The second kappa shape index (κ2) is 11.3. The van der Waals surface area contributed by atoms with Crippen molar-refractivity contribution >= 4 is 16.8 Å². The number of carbonyl (C=O) groups excluding carboxylic acids is 1. The van der Waals surface area contributed by atoms with Crippen molar-refractivity contribution in [3.8, 4) is 11.3 Å². The van der Waals surface area contributed by atoms with Gasteiger partial charge in [-0.15, -0.1) is 0 Å². The number of piperidine rings is 1. The first kappa shape index (κ1) is 25.7. The van der Waals surface area contributed by atoms with Crippen molar-refractivity contribution in [2.75, 3.05) is 39.4 Å². The number of rotatable bonds is 6. The SMILES string of the molecule is O=C(Cn1c(-c2ccccc2)c(CN2CCC(c3c(F)cccc3F)CC2)c2ccccc21)N1CCOCC1. The van der Waals surface area contributed by atoms with Gasteiger partial charge in [0, 0.05) is 36.1 Å². The van der Waals surface area contributed by atoms with Gasteiger partial charge in [0.25, 0.3) is 0 Å². The molecule has 0 radical (unpaired) electrons. The molecule has 0 spiro atoms. The smallest absolute Gasteiger partial charge is 0.242 e. The Bertz CT molecular complexity index is 1440. The fraction of sp³-hybridized carbons (Fsp3) is 0.344. The van der Waals surface area contributed by atoms with Crippen LogP contribution >= 0.6 is 0 Å². The molecule has 0 aliphatic carbocycles. The first-order valence-electron chi connectivity index (χ1n) is 13.8. The highest BCUT2D eigenvalue weighted by molar-refractivity contribution is 5.93. The number of halogens is 2. The Labute approximate surface area is 227 Å². The van der Waals surface area contributed by atoms with E-state index in [1.807, 2.05) is 35.2 Å². The molecule has 7 heteroatoms. The number of likely N-dealkylation sites (tertiary alicyclic amines) is 1. The number of amides is 1. The van der Waals surface area contributed by atoms with Gasteiger partial charge in [0.15, 0.2) is 0 Å². The van der Waals surface area contributed by atoms with Crippen molar-refractivity contribution in [2.45, 2.75) is 31.8 Å². The lowest BCUT2D eigenvalue weighted by molar-refractivity contribution is -0.135. The average Bonchev–Trinajstić information content (AvgIpc) is 3.27. The normalized spacial score (nSPS) is 17.1. The summed E-state index contributed by atoms with van der Waals surface area (Å²) in [7, 11) is 0. The lowest BCUT2D eigenvalue weighted by Crippen LogP contribution is -2.42. The number of hydrogen-bond acceptors (Lipinski definition) is 3. The molecular weight excluding hydrogens is 496 g/mol. The number of aromatic nitrogens is 1. The molecule has 1 amide bonds. The van der Waals surface area contributed by atoms with E-state index in [1.54, 1.807) is 0 Å². The van der Waals surface area contributed by atoms with Crippen LogP contribution in [0.5, 0.6) is 0 Å². The van der Waals surface area contributed by atoms with Crippen LogP contribution in [0.15, 0.2) is 72.8 Å². The zero-order valence-corrected chi connectivity index (χ0v) is 22.0. The molecule has 2 aliphatic rings. The summed E-state index contributed by atoms with van der Waals surface area (Å²) in [5.41, 5.74) is 4.57. The van der Waals surface area contributed by atoms with Crippen LogP contribution in [0.3, 0.4) is 0 Å². The maximum Gasteiger partial charge on any atom is 0.242 e. The van der Waals surface area contributed by atoms with E-state index in [-0.39, 0.29) is 23.9 Å². The fourth-order valence-electron chi connectivity index (χ4n) is 6.18. The largest absolute Gasteiger partial charge is 0.378 e. The Morgan fingerprint density at radius 1 is 0.821 bits per heavy atom. The van der Waals surface area contributed by atoms with Gasteiger partial charge in [0.1, 0.15) is 18.2 Å². The van der Waals surface area contributed by atoms with Crippen LogP contribution in [-0.2, 0) is 22.6 Å². The van der Waals surface area contributed by atoms with Crippen molar-refractivity contribution in [3.63, 3.8) is 0 Å². The third kappa shape index (κ3) is 5.21. The second-order valence-electron chi connectivity index (χ2n) is 10.5. The van der Waals surface area contributed by atoms with E-state index in [2.05, 4.69) is 33.7 Å². The number of fused-ring (bicyclic) bond motifs is 1. The van der Waals surface area contributed by atoms with Crippen LogP contribution in [0.2, 0.25) is 0 Å². The van der Waals surface area contributed by atoms with Crippen LogP contribution in [0, 0.1) is 11.6 Å². The molecule has 0 unspecified atom stereocenters. The van der Waals surface area contributed by atoms with Crippen molar-refractivity contribution in [2.24, 2.45) is 0 Å². The number of benzene rings is 3. The summed E-state index contributed by atoms with van der Waals surface area (Å²) in [5, 5.41) is 1.13. The van der Waals surface area contributed by atoms with E-state index in [1.165, 1.54) is 23.8 Å². The Kier molecular flexibility index (Phi) is 7.44. The van der Waals surface area contributed by atoms with Gasteiger partial charge in [-0.2, -0.15) is 0 Å². The van der Waals surface area contributed by atoms with Crippen LogP contribution in [0.25, 0.3) is 22.2 Å². The number of ether oxygens (including phenoxy) is 1. The second-order valence-corrected chi connectivity index (χ2v) is 10.5. The molecule has 5 nitrogen and oxygen atoms in total. The minimum Gasteiger partial charge on any atom is -0.378 e. The van der Waals surface area contributed by atoms with Gasteiger partial charge < -0.3 is 14.2 Å². The molecule has 4 aromatic rings. The van der Waals surface area contributed by atoms with Crippen LogP contribution in [0.1, 0.15) is 29.9 Å². The summed E-state index contributed by atoms with van der Waals surface area (Å²) < 4.78 is 36.5. The zero-order valence-electron chi connectivity index (χ0n) is 22.0. The van der Waals surface area contributed by atoms with E-state index in [9.17, 15) is 13.6 Å². The molecule has 39 heavy (non-hydrogen) atoms. The number of hydrogen-bond donors (Lipinski definition) is 0. The van der Waals surface area contributed by atoms with Crippen molar-refractivity contribution in [3.05, 3.63) is 95.6 Å². The average molecular weight is 530 g/mol. The van der Waals surface area contributed by atoms with Gasteiger partial charge in [0.05, 0.1) is 18.9 Å². The molecule has 0 bridgehead atoms. The maximum atomic E-state index is 14.4. The van der Waals surface area contributed by atoms with E-state index < -0.39 is 11.6 Å². The third-order valence-corrected chi connectivity index (χ3v) is 8.16. The zero-order chi connectivity index (χ0) is 26.8. The molecule has 2 saturated heterocycles. The molecule has 2 aliphatic heterocycles. The highest BCUT2D eigenvalue weighted by Crippen LogP contribution is 2.37. The van der Waals surface area contributed by atoms with Crippen molar-refractivity contribution < 1.29 is 18.3 Å². The monoisotopic (exact) mass is 529 g/mol. The molecule has 0 saturated carbocycles. The Morgan fingerprint density at radius 2 is 1.49 bits per heavy atom. The molecule has 202 valence electrons. The number of morpholine rings is 1. The first-order valence-corrected chi connectivity index (χ1v) is 13.8. The van der Waals surface area contributed by atoms with Gasteiger partial charge in [-0.25, -0.2) is 8.78 Å². The molecule has 0 atom stereocenters. The molecule has 6 rings (SSSR count). The molecular formula is C32H33F2N3O2. The highest BCUT2D eigenvalue weighted by Gasteiger charge is 2.28. The Balaban J connectivity index is 1.32. The van der Waals surface area contributed by atoms with Gasteiger partial charge in [-0.3, -0.25) is 9.69 Å². The molecule has 1 aromatic heterocycles. The predicted molar refractivity (Wildman–Crippen MR) is 148 cm³/mol. The topological polar surface area (TPSA) is 37.7 Å².